The summed E-state index contributed by atoms with van der Waals surface area (Å²) in [6.07, 6.45) is 0. The van der Waals surface area contributed by atoms with E-state index in [1.54, 1.807) is 11.3 Å². The van der Waals surface area contributed by atoms with Gasteiger partial charge in [-0.05, 0) is 104 Å². The van der Waals surface area contributed by atoms with Gasteiger partial charge in [0.05, 0.1) is 0 Å². The van der Waals surface area contributed by atoms with E-state index in [4.69, 9.17) is 13.3 Å². The number of fused-ring (bicyclic) bond motifs is 14. The van der Waals surface area contributed by atoms with Crippen molar-refractivity contribution in [2.45, 2.75) is 0 Å². The summed E-state index contributed by atoms with van der Waals surface area (Å²) >= 11 is 1.77. The molecule has 4 heterocycles. The molecule has 4 aromatic heterocycles. The van der Waals surface area contributed by atoms with Crippen molar-refractivity contribution in [2.24, 2.45) is 0 Å². The molecule has 0 atom stereocenters. The monoisotopic (exact) mass is 656 g/mol. The summed E-state index contributed by atoms with van der Waals surface area (Å²) in [5.41, 5.74) is 10.1. The Balaban J connectivity index is 1.20. The molecule has 0 amide bonds. The quantitative estimate of drug-likeness (QED) is 0.174. The Morgan fingerprint density at radius 3 is 1.60 bits per heavy atom. The van der Waals surface area contributed by atoms with E-state index >= 15 is 0 Å². The van der Waals surface area contributed by atoms with Crippen LogP contribution >= 0.6 is 11.3 Å². The average Bonchev–Trinajstić information content (AvgIpc) is 3.95. The highest BCUT2D eigenvalue weighted by molar-refractivity contribution is 7.17. The van der Waals surface area contributed by atoms with Crippen molar-refractivity contribution in [3.8, 4) is 22.3 Å². The molecule has 50 heavy (non-hydrogen) atoms. The fourth-order valence-corrected chi connectivity index (χ4v) is 9.33. The lowest BCUT2D eigenvalue weighted by molar-refractivity contribution is 0.663. The summed E-state index contributed by atoms with van der Waals surface area (Å²) in [6.45, 7) is 0. The molecular weight excluding hydrogens is 633 g/mol. The molecule has 0 unspecified atom stereocenters. The minimum absolute atomic E-state index is 0.862. The molecule has 0 saturated carbocycles. The predicted octanol–water partition coefficient (Wildman–Crippen LogP) is 14.2. The van der Waals surface area contributed by atoms with Crippen LogP contribution in [0.15, 0.2) is 158 Å². The zero-order valence-electron chi connectivity index (χ0n) is 26.5. The fourth-order valence-electron chi connectivity index (χ4n) is 8.54. The largest absolute Gasteiger partial charge is 0.456 e. The summed E-state index contributed by atoms with van der Waals surface area (Å²) in [6, 6.07) is 49.7. The number of thiophene rings is 1. The molecule has 0 aliphatic rings. The lowest BCUT2D eigenvalue weighted by Gasteiger charge is -2.18. The molecule has 0 bridgehead atoms. The molecule has 0 spiro atoms. The molecule has 0 radical (unpaired) electrons. The Bertz CT molecular complexity index is 3330. The predicted molar refractivity (Wildman–Crippen MR) is 210 cm³/mol. The number of rotatable bonds is 2. The maximum Gasteiger partial charge on any atom is 0.136 e. The number of benzene rings is 8. The molecule has 0 saturated heterocycles. The molecule has 3 nitrogen and oxygen atoms in total. The summed E-state index contributed by atoms with van der Waals surface area (Å²) in [5.74, 6) is 0. The van der Waals surface area contributed by atoms with Gasteiger partial charge in [-0.25, -0.2) is 0 Å². The molecule has 0 aliphatic carbocycles. The Hall–Kier alpha value is -6.36. The van der Waals surface area contributed by atoms with Gasteiger partial charge in [-0.3, -0.25) is 0 Å². The number of para-hydroxylation sites is 1. The van der Waals surface area contributed by atoms with Gasteiger partial charge in [-0.2, -0.15) is 0 Å². The number of furan rings is 3. The van der Waals surface area contributed by atoms with Gasteiger partial charge in [0.2, 0.25) is 0 Å². The van der Waals surface area contributed by atoms with Crippen LogP contribution in [-0.4, -0.2) is 0 Å². The van der Waals surface area contributed by atoms with Crippen molar-refractivity contribution in [1.29, 1.82) is 0 Å². The van der Waals surface area contributed by atoms with Crippen molar-refractivity contribution in [3.05, 3.63) is 145 Å². The zero-order valence-corrected chi connectivity index (χ0v) is 27.3. The molecule has 4 heteroatoms. The average molecular weight is 657 g/mol. The highest BCUT2D eigenvalue weighted by atomic mass is 32.1. The van der Waals surface area contributed by atoms with Crippen LogP contribution in [-0.2, 0) is 0 Å². The summed E-state index contributed by atoms with van der Waals surface area (Å²) in [4.78, 5) is 0. The van der Waals surface area contributed by atoms with Gasteiger partial charge in [-0.15, -0.1) is 11.3 Å². The van der Waals surface area contributed by atoms with Crippen LogP contribution in [0, 0.1) is 0 Å². The van der Waals surface area contributed by atoms with Crippen LogP contribution in [0.5, 0.6) is 0 Å². The zero-order chi connectivity index (χ0) is 32.5. The number of hydrogen-bond acceptors (Lipinski definition) is 4. The van der Waals surface area contributed by atoms with Gasteiger partial charge >= 0.3 is 0 Å². The second-order valence-electron chi connectivity index (χ2n) is 13.1. The fraction of sp³-hybridized carbons (Fsp3) is 0. The smallest absolute Gasteiger partial charge is 0.136 e. The molecule has 0 N–H and O–H groups in total. The van der Waals surface area contributed by atoms with E-state index in [0.29, 0.717) is 0 Å². The van der Waals surface area contributed by atoms with Crippen molar-refractivity contribution >= 4 is 109 Å². The first-order chi connectivity index (χ1) is 24.8. The molecular formula is C46H24O3S. The Kier molecular flexibility index (Phi) is 5.12. The maximum absolute atomic E-state index is 6.52. The Morgan fingerprint density at radius 1 is 0.340 bits per heavy atom. The molecule has 232 valence electrons. The Morgan fingerprint density at radius 2 is 0.860 bits per heavy atom. The van der Waals surface area contributed by atoms with E-state index in [1.807, 2.05) is 24.3 Å². The van der Waals surface area contributed by atoms with Crippen molar-refractivity contribution in [1.82, 2.24) is 0 Å². The van der Waals surface area contributed by atoms with Crippen molar-refractivity contribution in [2.75, 3.05) is 0 Å². The summed E-state index contributed by atoms with van der Waals surface area (Å²) < 4.78 is 20.5. The standard InChI is InChI=1S/C46H24O3S/c1-3-10-28-26(8-1)41(25-16-17-35-33(24-25)46-38(48-35)19-18-37-43(46)30-12-5-6-14-34(30)47-37)27-9-2-4-11-29(27)42(28)32-13-7-15-36-45(32)44-31-22-23-50-40(31)21-20-39(44)49-36/h1-24H. The van der Waals surface area contributed by atoms with Gasteiger partial charge in [0.25, 0.3) is 0 Å². The summed E-state index contributed by atoms with van der Waals surface area (Å²) in [7, 11) is 0. The van der Waals surface area contributed by atoms with Crippen LogP contribution in [0.1, 0.15) is 0 Å². The van der Waals surface area contributed by atoms with Crippen LogP contribution in [0.25, 0.3) is 120 Å². The second-order valence-corrected chi connectivity index (χ2v) is 14.1. The van der Waals surface area contributed by atoms with E-state index in [-0.39, 0.29) is 0 Å². The van der Waals surface area contributed by atoms with Crippen molar-refractivity contribution in [3.63, 3.8) is 0 Å². The van der Waals surface area contributed by atoms with Crippen LogP contribution in [0.4, 0.5) is 0 Å². The van der Waals surface area contributed by atoms with E-state index < -0.39 is 0 Å². The lowest BCUT2D eigenvalue weighted by atomic mass is 9.84. The lowest BCUT2D eigenvalue weighted by Crippen LogP contribution is -1.91. The molecule has 0 fully saturated rings. The third kappa shape index (κ3) is 3.43. The minimum atomic E-state index is 0.862. The van der Waals surface area contributed by atoms with Gasteiger partial charge in [0.1, 0.15) is 33.5 Å². The van der Waals surface area contributed by atoms with Crippen LogP contribution in [0.3, 0.4) is 0 Å². The van der Waals surface area contributed by atoms with Crippen molar-refractivity contribution < 1.29 is 13.3 Å². The highest BCUT2D eigenvalue weighted by Crippen LogP contribution is 2.49. The third-order valence-electron chi connectivity index (χ3n) is 10.6. The third-order valence-corrected chi connectivity index (χ3v) is 11.4. The van der Waals surface area contributed by atoms with Crippen LogP contribution in [0.2, 0.25) is 0 Å². The van der Waals surface area contributed by atoms with E-state index in [0.717, 1.165) is 66.0 Å². The molecule has 12 aromatic rings. The molecule has 8 aromatic carbocycles. The first-order valence-electron chi connectivity index (χ1n) is 16.8. The topological polar surface area (TPSA) is 39.4 Å². The highest BCUT2D eigenvalue weighted by Gasteiger charge is 2.22. The Labute approximate surface area is 288 Å². The van der Waals surface area contributed by atoms with Gasteiger partial charge in [-0.1, -0.05) is 84.9 Å². The normalized spacial score (nSPS) is 12.4. The van der Waals surface area contributed by atoms with Crippen LogP contribution < -0.4 is 0 Å². The van der Waals surface area contributed by atoms with Gasteiger partial charge < -0.3 is 13.3 Å². The van der Waals surface area contributed by atoms with E-state index in [1.165, 1.54) is 53.7 Å². The molecule has 0 aliphatic heterocycles. The minimum Gasteiger partial charge on any atom is -0.456 e. The second kappa shape index (κ2) is 9.63. The maximum atomic E-state index is 6.52. The summed E-state index contributed by atoms with van der Waals surface area (Å²) in [5, 5.41) is 15.0. The molecule has 12 rings (SSSR count). The van der Waals surface area contributed by atoms with Gasteiger partial charge in [0.15, 0.2) is 0 Å². The first kappa shape index (κ1) is 26.6. The van der Waals surface area contributed by atoms with E-state index in [9.17, 15) is 0 Å². The SMILES string of the molecule is c1ccc2c(c1)oc1ccc3oc4ccc(-c5c6ccccc6c(-c6cccc7oc8ccc9sccc9c8c67)c6ccccc56)cc4c3c12. The first-order valence-corrected chi connectivity index (χ1v) is 17.7. The van der Waals surface area contributed by atoms with Gasteiger partial charge in [0, 0.05) is 42.4 Å². The number of hydrogen-bond donors (Lipinski definition) is 0. The van der Waals surface area contributed by atoms with E-state index in [2.05, 4.69) is 121 Å².